The molecule has 0 radical (unpaired) electrons. The highest BCUT2D eigenvalue weighted by Crippen LogP contribution is 1.87. The van der Waals surface area contributed by atoms with Crippen LogP contribution in [0.3, 0.4) is 0 Å². The second-order valence-electron chi connectivity index (χ2n) is 2.23. The van der Waals surface area contributed by atoms with Crippen LogP contribution in [0.5, 0.6) is 0 Å². The van der Waals surface area contributed by atoms with E-state index in [9.17, 15) is 4.79 Å². The standard InChI is InChI=1S/C8H13NO2/c1-3-7(4-2)9-6-5-8(10)11/h1,7,9H,4-6H2,2H3,(H,10,11). The lowest BCUT2D eigenvalue weighted by Gasteiger charge is -2.07. The highest BCUT2D eigenvalue weighted by atomic mass is 16.4. The van der Waals surface area contributed by atoms with Crippen molar-refractivity contribution in [1.82, 2.24) is 5.32 Å². The minimum absolute atomic E-state index is 0.00866. The molecule has 0 aliphatic carbocycles. The molecule has 11 heavy (non-hydrogen) atoms. The second kappa shape index (κ2) is 5.75. The van der Waals surface area contributed by atoms with Gasteiger partial charge in [-0.1, -0.05) is 12.8 Å². The van der Waals surface area contributed by atoms with Crippen LogP contribution in [0.4, 0.5) is 0 Å². The largest absolute Gasteiger partial charge is 0.481 e. The fourth-order valence-electron chi connectivity index (χ4n) is 0.674. The Kier molecular flexibility index (Phi) is 5.22. The van der Waals surface area contributed by atoms with Crippen molar-refractivity contribution in [3.63, 3.8) is 0 Å². The Bertz CT molecular complexity index is 160. The molecular weight excluding hydrogens is 142 g/mol. The Morgan fingerprint density at radius 1 is 1.82 bits per heavy atom. The monoisotopic (exact) mass is 155 g/mol. The fraction of sp³-hybridized carbons (Fsp3) is 0.625. The maximum Gasteiger partial charge on any atom is 0.304 e. The predicted molar refractivity (Wildman–Crippen MR) is 43.2 cm³/mol. The zero-order valence-electron chi connectivity index (χ0n) is 6.63. The van der Waals surface area contributed by atoms with E-state index in [0.29, 0.717) is 6.54 Å². The second-order valence-corrected chi connectivity index (χ2v) is 2.23. The van der Waals surface area contributed by atoms with Gasteiger partial charge in [-0.05, 0) is 6.42 Å². The van der Waals surface area contributed by atoms with E-state index in [1.54, 1.807) is 0 Å². The zero-order chi connectivity index (χ0) is 8.69. The van der Waals surface area contributed by atoms with E-state index in [1.165, 1.54) is 0 Å². The lowest BCUT2D eigenvalue weighted by atomic mass is 10.2. The molecular formula is C8H13NO2. The summed E-state index contributed by atoms with van der Waals surface area (Å²) >= 11 is 0. The number of aliphatic carboxylic acids is 1. The average Bonchev–Trinajstić information content (AvgIpc) is 1.98. The molecule has 0 aliphatic heterocycles. The van der Waals surface area contributed by atoms with E-state index >= 15 is 0 Å². The van der Waals surface area contributed by atoms with Gasteiger partial charge in [0, 0.05) is 6.54 Å². The molecule has 0 spiro atoms. The molecule has 0 aromatic carbocycles. The third-order valence-electron chi connectivity index (χ3n) is 1.34. The predicted octanol–water partition coefficient (Wildman–Crippen LogP) is 0.463. The first-order valence-electron chi connectivity index (χ1n) is 3.62. The number of rotatable bonds is 5. The first kappa shape index (κ1) is 9.99. The number of terminal acetylenes is 1. The summed E-state index contributed by atoms with van der Waals surface area (Å²) in [5.41, 5.74) is 0. The Hall–Kier alpha value is -1.01. The molecule has 3 nitrogen and oxygen atoms in total. The maximum atomic E-state index is 10.1. The Labute approximate surface area is 66.8 Å². The van der Waals surface area contributed by atoms with Gasteiger partial charge >= 0.3 is 5.97 Å². The van der Waals surface area contributed by atoms with Crippen LogP contribution in [-0.4, -0.2) is 23.7 Å². The third-order valence-corrected chi connectivity index (χ3v) is 1.34. The van der Waals surface area contributed by atoms with Gasteiger partial charge in [-0.2, -0.15) is 0 Å². The minimum atomic E-state index is -0.802. The third kappa shape index (κ3) is 5.43. The van der Waals surface area contributed by atoms with E-state index in [2.05, 4.69) is 11.2 Å². The summed E-state index contributed by atoms with van der Waals surface area (Å²) in [4.78, 5) is 10.1. The molecule has 0 heterocycles. The molecule has 0 aromatic heterocycles. The summed E-state index contributed by atoms with van der Waals surface area (Å²) in [6.07, 6.45) is 6.09. The van der Waals surface area contributed by atoms with Crippen molar-refractivity contribution >= 4 is 5.97 Å². The van der Waals surface area contributed by atoms with E-state index in [4.69, 9.17) is 11.5 Å². The number of carbonyl (C=O) groups is 1. The molecule has 0 aliphatic rings. The topological polar surface area (TPSA) is 49.3 Å². The maximum absolute atomic E-state index is 10.1. The van der Waals surface area contributed by atoms with E-state index in [1.807, 2.05) is 6.92 Å². The highest BCUT2D eigenvalue weighted by molar-refractivity contribution is 5.66. The highest BCUT2D eigenvalue weighted by Gasteiger charge is 2.01. The lowest BCUT2D eigenvalue weighted by Crippen LogP contribution is -2.28. The number of carboxylic acid groups (broad SMARTS) is 1. The van der Waals surface area contributed by atoms with Crippen molar-refractivity contribution < 1.29 is 9.90 Å². The number of hydrogen-bond donors (Lipinski definition) is 2. The van der Waals surface area contributed by atoms with Crippen LogP contribution < -0.4 is 5.32 Å². The van der Waals surface area contributed by atoms with Crippen molar-refractivity contribution in [2.75, 3.05) is 6.54 Å². The van der Waals surface area contributed by atoms with Gasteiger partial charge in [0.05, 0.1) is 12.5 Å². The van der Waals surface area contributed by atoms with Gasteiger partial charge < -0.3 is 10.4 Å². The molecule has 0 saturated carbocycles. The van der Waals surface area contributed by atoms with Crippen molar-refractivity contribution in [2.24, 2.45) is 0 Å². The van der Waals surface area contributed by atoms with Gasteiger partial charge in [0.25, 0.3) is 0 Å². The average molecular weight is 155 g/mol. The van der Waals surface area contributed by atoms with Gasteiger partial charge in [0.2, 0.25) is 0 Å². The molecule has 0 aromatic rings. The fourth-order valence-corrected chi connectivity index (χ4v) is 0.674. The molecule has 0 amide bonds. The quantitative estimate of drug-likeness (QED) is 0.567. The number of nitrogens with one attached hydrogen (secondary N) is 1. The van der Waals surface area contributed by atoms with Gasteiger partial charge in [0.1, 0.15) is 0 Å². The SMILES string of the molecule is C#CC(CC)NCCC(=O)O. The van der Waals surface area contributed by atoms with Crippen LogP contribution in [0.1, 0.15) is 19.8 Å². The van der Waals surface area contributed by atoms with Crippen LogP contribution in [0.25, 0.3) is 0 Å². The number of carboxylic acids is 1. The van der Waals surface area contributed by atoms with E-state index in [-0.39, 0.29) is 12.5 Å². The van der Waals surface area contributed by atoms with Crippen molar-refractivity contribution in [1.29, 1.82) is 0 Å². The van der Waals surface area contributed by atoms with E-state index < -0.39 is 5.97 Å². The van der Waals surface area contributed by atoms with Crippen LogP contribution in [0, 0.1) is 12.3 Å². The molecule has 3 heteroatoms. The Morgan fingerprint density at radius 2 is 2.45 bits per heavy atom. The van der Waals surface area contributed by atoms with Crippen LogP contribution in [0.2, 0.25) is 0 Å². The summed E-state index contributed by atoms with van der Waals surface area (Å²) in [5.74, 6) is 1.72. The van der Waals surface area contributed by atoms with Gasteiger partial charge in [0.15, 0.2) is 0 Å². The summed E-state index contributed by atoms with van der Waals surface area (Å²) in [5, 5.41) is 11.2. The van der Waals surface area contributed by atoms with Crippen molar-refractivity contribution in [3.8, 4) is 12.3 Å². The van der Waals surface area contributed by atoms with Crippen LogP contribution >= 0.6 is 0 Å². The van der Waals surface area contributed by atoms with Crippen LogP contribution in [-0.2, 0) is 4.79 Å². The molecule has 1 atom stereocenters. The molecule has 62 valence electrons. The summed E-state index contributed by atoms with van der Waals surface area (Å²) in [6.45, 7) is 2.40. The molecule has 2 N–H and O–H groups in total. The smallest absolute Gasteiger partial charge is 0.304 e. The summed E-state index contributed by atoms with van der Waals surface area (Å²) in [6, 6.07) is 0.00866. The van der Waals surface area contributed by atoms with Crippen molar-refractivity contribution in [2.45, 2.75) is 25.8 Å². The minimum Gasteiger partial charge on any atom is -0.481 e. The first-order valence-corrected chi connectivity index (χ1v) is 3.62. The zero-order valence-corrected chi connectivity index (χ0v) is 6.63. The molecule has 0 bridgehead atoms. The van der Waals surface area contributed by atoms with Crippen LogP contribution in [0.15, 0.2) is 0 Å². The van der Waals surface area contributed by atoms with Gasteiger partial charge in [-0.25, -0.2) is 0 Å². The molecule has 0 fully saturated rings. The van der Waals surface area contributed by atoms with Gasteiger partial charge in [-0.15, -0.1) is 6.42 Å². The normalized spacial score (nSPS) is 12.0. The number of hydrogen-bond acceptors (Lipinski definition) is 2. The Balaban J connectivity index is 3.38. The first-order chi connectivity index (χ1) is 5.20. The summed E-state index contributed by atoms with van der Waals surface area (Å²) < 4.78 is 0. The summed E-state index contributed by atoms with van der Waals surface area (Å²) in [7, 11) is 0. The Morgan fingerprint density at radius 3 is 2.82 bits per heavy atom. The lowest BCUT2D eigenvalue weighted by molar-refractivity contribution is -0.136. The molecule has 0 rings (SSSR count). The molecule has 1 unspecified atom stereocenters. The van der Waals surface area contributed by atoms with E-state index in [0.717, 1.165) is 6.42 Å². The van der Waals surface area contributed by atoms with Gasteiger partial charge in [-0.3, -0.25) is 4.79 Å². The van der Waals surface area contributed by atoms with Crippen molar-refractivity contribution in [3.05, 3.63) is 0 Å². The molecule has 0 saturated heterocycles.